The highest BCUT2D eigenvalue weighted by molar-refractivity contribution is 7.99. The molecule has 3 aromatic carbocycles. The molecule has 49 heavy (non-hydrogen) atoms. The van der Waals surface area contributed by atoms with Gasteiger partial charge in [0, 0.05) is 49.3 Å². The van der Waals surface area contributed by atoms with E-state index in [0.29, 0.717) is 48.0 Å². The maximum atomic E-state index is 12.5. The molecule has 0 saturated carbocycles. The number of para-hydroxylation sites is 2. The van der Waals surface area contributed by atoms with E-state index in [1.54, 1.807) is 24.3 Å². The molecular formula is C38H44N4O6S. The second-order valence-electron chi connectivity index (χ2n) is 12.1. The Morgan fingerprint density at radius 1 is 0.837 bits per heavy atom. The number of rotatable bonds is 16. The summed E-state index contributed by atoms with van der Waals surface area (Å²) in [5.41, 5.74) is 10.7. The Morgan fingerprint density at radius 2 is 1.51 bits per heavy atom. The summed E-state index contributed by atoms with van der Waals surface area (Å²) in [5.74, 6) is 0.519. The van der Waals surface area contributed by atoms with Crippen molar-refractivity contribution in [2.75, 3.05) is 16.8 Å². The van der Waals surface area contributed by atoms with Crippen LogP contribution in [0.3, 0.4) is 0 Å². The third kappa shape index (κ3) is 11.0. The minimum atomic E-state index is -0.608. The smallest absolute Gasteiger partial charge is 0.251 e. The largest absolute Gasteiger partial charge is 0.618 e. The molecule has 2 heterocycles. The predicted octanol–water partition coefficient (Wildman–Crippen LogP) is 6.33. The number of nitrogens with zero attached hydrogens (tertiary/aromatic N) is 1. The van der Waals surface area contributed by atoms with Crippen LogP contribution in [0.5, 0.6) is 0 Å². The fourth-order valence-electron chi connectivity index (χ4n) is 5.56. The molecular weight excluding hydrogens is 641 g/mol. The average molecular weight is 685 g/mol. The number of carbonyl (C=O) groups excluding carboxylic acids is 2. The molecule has 1 aliphatic heterocycles. The van der Waals surface area contributed by atoms with Crippen LogP contribution in [0.1, 0.15) is 79.6 Å². The molecule has 2 amide bonds. The van der Waals surface area contributed by atoms with E-state index < -0.39 is 6.29 Å². The summed E-state index contributed by atoms with van der Waals surface area (Å²) in [4.78, 5) is 24.6. The van der Waals surface area contributed by atoms with Crippen molar-refractivity contribution < 1.29 is 28.9 Å². The number of nitrogens with two attached hydrogens (primary N) is 1. The van der Waals surface area contributed by atoms with Gasteiger partial charge in [-0.25, -0.2) is 0 Å². The topological polar surface area (TPSA) is 150 Å². The fraction of sp³-hybridized carbons (Fsp3) is 0.342. The van der Waals surface area contributed by atoms with E-state index in [1.165, 1.54) is 18.0 Å². The number of benzene rings is 3. The normalized spacial score (nSPS) is 17.4. The lowest BCUT2D eigenvalue weighted by molar-refractivity contribution is -0.645. The van der Waals surface area contributed by atoms with E-state index in [-0.39, 0.29) is 30.6 Å². The van der Waals surface area contributed by atoms with Gasteiger partial charge in [-0.3, -0.25) is 9.59 Å². The van der Waals surface area contributed by atoms with Gasteiger partial charge >= 0.3 is 0 Å². The maximum Gasteiger partial charge on any atom is 0.251 e. The Kier molecular flexibility index (Phi) is 13.5. The monoisotopic (exact) mass is 684 g/mol. The van der Waals surface area contributed by atoms with E-state index in [1.807, 2.05) is 66.7 Å². The quantitative estimate of drug-likeness (QED) is 0.0352. The summed E-state index contributed by atoms with van der Waals surface area (Å²) >= 11 is 1.45. The van der Waals surface area contributed by atoms with Crippen molar-refractivity contribution in [1.29, 1.82) is 0 Å². The molecule has 3 atom stereocenters. The number of aliphatic hydroxyl groups is 1. The maximum absolute atomic E-state index is 12.5. The minimum absolute atomic E-state index is 0.00599. The molecule has 4 aromatic rings. The fourth-order valence-corrected chi connectivity index (χ4v) is 6.49. The second-order valence-corrected chi connectivity index (χ2v) is 13.1. The third-order valence-corrected chi connectivity index (χ3v) is 9.51. The van der Waals surface area contributed by atoms with Crippen LogP contribution in [-0.2, 0) is 32.2 Å². The van der Waals surface area contributed by atoms with Gasteiger partial charge < -0.3 is 36.2 Å². The summed E-state index contributed by atoms with van der Waals surface area (Å²) in [7, 11) is 0. The molecule has 0 spiro atoms. The molecule has 1 aliphatic rings. The summed E-state index contributed by atoms with van der Waals surface area (Å²) in [6.45, 7) is 0.392. The number of pyridine rings is 1. The molecule has 1 aromatic heterocycles. The molecule has 0 bridgehead atoms. The van der Waals surface area contributed by atoms with Crippen LogP contribution >= 0.6 is 11.8 Å². The van der Waals surface area contributed by atoms with E-state index in [9.17, 15) is 19.9 Å². The molecule has 10 nitrogen and oxygen atoms in total. The van der Waals surface area contributed by atoms with Crippen LogP contribution in [0.4, 0.5) is 11.4 Å². The first kappa shape index (κ1) is 35.9. The average Bonchev–Trinajstić information content (AvgIpc) is 3.13. The van der Waals surface area contributed by atoms with Gasteiger partial charge in [0.1, 0.15) is 0 Å². The van der Waals surface area contributed by atoms with Crippen LogP contribution in [0, 0.1) is 5.21 Å². The van der Waals surface area contributed by atoms with Crippen molar-refractivity contribution in [3.8, 4) is 0 Å². The molecule has 5 rings (SSSR count). The van der Waals surface area contributed by atoms with Crippen molar-refractivity contribution in [1.82, 2.24) is 5.32 Å². The van der Waals surface area contributed by atoms with E-state index >= 15 is 0 Å². The molecule has 11 heteroatoms. The zero-order chi connectivity index (χ0) is 34.4. The van der Waals surface area contributed by atoms with Gasteiger partial charge in [-0.05, 0) is 47.7 Å². The minimum Gasteiger partial charge on any atom is -0.618 e. The number of nitrogens with one attached hydrogen (secondary N) is 2. The molecule has 3 unspecified atom stereocenters. The second kappa shape index (κ2) is 18.4. The van der Waals surface area contributed by atoms with Crippen molar-refractivity contribution in [3.05, 3.63) is 125 Å². The van der Waals surface area contributed by atoms with Crippen molar-refractivity contribution in [2.24, 2.45) is 0 Å². The lowest BCUT2D eigenvalue weighted by Crippen LogP contribution is -2.32. The van der Waals surface area contributed by atoms with Gasteiger partial charge in [-0.15, -0.1) is 0 Å². The summed E-state index contributed by atoms with van der Waals surface area (Å²) in [6, 6.07) is 28.1. The Balaban J connectivity index is 1.06. The van der Waals surface area contributed by atoms with Crippen molar-refractivity contribution in [3.63, 3.8) is 0 Å². The zero-order valence-corrected chi connectivity index (χ0v) is 28.3. The van der Waals surface area contributed by atoms with E-state index in [2.05, 4.69) is 10.6 Å². The molecule has 5 N–H and O–H groups in total. The molecule has 1 fully saturated rings. The third-order valence-electron chi connectivity index (χ3n) is 8.35. The highest BCUT2D eigenvalue weighted by Gasteiger charge is 2.32. The van der Waals surface area contributed by atoms with Gasteiger partial charge in [0.25, 0.3) is 5.03 Å². The van der Waals surface area contributed by atoms with Crippen molar-refractivity contribution in [2.45, 2.75) is 81.6 Å². The standard InChI is InChI=1S/C38H44N4O6S/c39-32-9-5-6-10-33(32)41-36(45)12-4-2-1-3-11-35(44)40-24-27-14-20-30(21-15-27)38-47-31(26-49-37-13-7-8-22-42(37)46)23-34(48-38)29-18-16-28(25-43)17-19-29/h5-10,13-22,31,34,38,43H,1-4,11-12,23-26,39H2,(H,40,44)(H,41,45). The Bertz CT molecular complexity index is 1650. The number of carbonyl (C=O) groups is 2. The van der Waals surface area contributed by atoms with Crippen LogP contribution in [0.25, 0.3) is 0 Å². The molecule has 0 aliphatic carbocycles. The van der Waals surface area contributed by atoms with Crippen LogP contribution in [-0.4, -0.2) is 28.8 Å². The van der Waals surface area contributed by atoms with Crippen molar-refractivity contribution >= 4 is 35.0 Å². The molecule has 258 valence electrons. The van der Waals surface area contributed by atoms with Gasteiger partial charge in [-0.1, -0.05) is 85.3 Å². The van der Waals surface area contributed by atoms with Gasteiger partial charge in [0.2, 0.25) is 11.8 Å². The first-order valence-corrected chi connectivity index (χ1v) is 17.7. The van der Waals surface area contributed by atoms with Gasteiger partial charge in [0.05, 0.1) is 30.2 Å². The number of hydrogen-bond acceptors (Lipinski definition) is 8. The van der Waals surface area contributed by atoms with Gasteiger partial charge in [0.15, 0.2) is 12.5 Å². The number of aromatic nitrogens is 1. The first-order valence-electron chi connectivity index (χ1n) is 16.7. The van der Waals surface area contributed by atoms with Crippen LogP contribution < -0.4 is 21.1 Å². The van der Waals surface area contributed by atoms with Crippen LogP contribution in [0.2, 0.25) is 0 Å². The molecule has 0 radical (unpaired) electrons. The summed E-state index contributed by atoms with van der Waals surface area (Å²) < 4.78 is 13.7. The Labute approximate surface area is 291 Å². The number of hydrogen-bond donors (Lipinski definition) is 4. The number of nitrogen functional groups attached to an aromatic ring is 1. The number of anilines is 2. The molecule has 1 saturated heterocycles. The lowest BCUT2D eigenvalue weighted by Gasteiger charge is -2.36. The SMILES string of the molecule is Nc1ccccc1NC(=O)CCCCCCC(=O)NCc1ccc(C2OC(CSc3cccc[n+]3[O-])CC(c3ccc(CO)cc3)O2)cc1. The number of thioether (sulfide) groups is 1. The first-order chi connectivity index (χ1) is 23.9. The predicted molar refractivity (Wildman–Crippen MR) is 190 cm³/mol. The van der Waals surface area contributed by atoms with Gasteiger partial charge in [-0.2, -0.15) is 4.73 Å². The van der Waals surface area contributed by atoms with E-state index in [4.69, 9.17) is 15.2 Å². The lowest BCUT2D eigenvalue weighted by atomic mass is 10.0. The highest BCUT2D eigenvalue weighted by Crippen LogP contribution is 2.39. The number of ether oxygens (including phenoxy) is 2. The Hall–Kier alpha value is -4.42. The number of amides is 2. The Morgan fingerprint density at radius 3 is 2.22 bits per heavy atom. The summed E-state index contributed by atoms with van der Waals surface area (Å²) in [5, 5.41) is 28.1. The number of unbranched alkanes of at least 4 members (excludes halogenated alkanes) is 3. The summed E-state index contributed by atoms with van der Waals surface area (Å²) in [6.07, 6.45) is 5.22. The van der Waals surface area contributed by atoms with Crippen LogP contribution in [0.15, 0.2) is 102 Å². The highest BCUT2D eigenvalue weighted by atomic mass is 32.2. The zero-order valence-electron chi connectivity index (χ0n) is 27.5. The number of aliphatic hydroxyl groups excluding tert-OH is 1. The van der Waals surface area contributed by atoms with E-state index in [0.717, 1.165) is 52.7 Å².